The van der Waals surface area contributed by atoms with Crippen LogP contribution in [0.1, 0.15) is 160 Å². The number of aromatic nitrogens is 11. The summed E-state index contributed by atoms with van der Waals surface area (Å²) >= 11 is 4.38. The second-order valence-corrected chi connectivity index (χ2v) is 24.7. The quantitative estimate of drug-likeness (QED) is 0.0806. The monoisotopic (exact) mass is 1250 g/mol. The van der Waals surface area contributed by atoms with Crippen LogP contribution in [0, 0.1) is 42.7 Å². The van der Waals surface area contributed by atoms with Gasteiger partial charge in [-0.05, 0) is 261 Å². The normalized spacial score (nSPS) is 22.6. The third kappa shape index (κ3) is 16.7. The molecule has 6 fully saturated rings. The molecule has 13 nitrogen and oxygen atoms in total. The summed E-state index contributed by atoms with van der Waals surface area (Å²) in [6, 6.07) is 14.8. The van der Waals surface area contributed by atoms with Crippen molar-refractivity contribution in [3.05, 3.63) is 179 Å². The van der Waals surface area contributed by atoms with Gasteiger partial charge in [-0.3, -0.25) is 14.8 Å². The smallest absolute Gasteiger partial charge is 0.271 e. The highest BCUT2D eigenvalue weighted by atomic mass is 127. The average Bonchev–Trinajstić information content (AvgIpc) is 4.39. The molecule has 6 atom stereocenters. The van der Waals surface area contributed by atoms with Gasteiger partial charge in [-0.2, -0.15) is 14.2 Å². The first-order valence-corrected chi connectivity index (χ1v) is 29.8. The predicted molar refractivity (Wildman–Crippen MR) is 309 cm³/mol. The number of hydrogen-bond donors (Lipinski definition) is 1. The molecule has 6 aliphatic carbocycles. The Hall–Kier alpha value is -5.08. The van der Waals surface area contributed by atoms with E-state index in [0.29, 0.717) is 29.5 Å². The van der Waals surface area contributed by atoms with Crippen molar-refractivity contribution in [3.8, 4) is 5.69 Å². The average molecular weight is 1250 g/mol. The van der Waals surface area contributed by atoms with Crippen LogP contribution in [0.2, 0.25) is 0 Å². The molecular formula is C60H69FI2N12O. The SMILES string of the molecule is Fc1ccc(I)cn1.Ic1ccc(C[C@H]2CC[C@H](Cc3ncc(C4CC4)cn3)C2)nc1.N[C@H]1CC[C@H](Cc2ncc(C3CC3)cn2)C1.O=c1cccnn1-c1ccc(C[C@H]2CC[C@H](Cc3ncc(C4CC4)cn3)C2)nc1. The van der Waals surface area contributed by atoms with Crippen molar-refractivity contribution in [1.29, 1.82) is 0 Å². The van der Waals surface area contributed by atoms with Gasteiger partial charge >= 0.3 is 0 Å². The molecule has 2 N–H and O–H groups in total. The summed E-state index contributed by atoms with van der Waals surface area (Å²) in [5.74, 6) is 8.38. The third-order valence-corrected chi connectivity index (χ3v) is 17.1. The van der Waals surface area contributed by atoms with Crippen molar-refractivity contribution in [2.24, 2.45) is 35.3 Å². The van der Waals surface area contributed by atoms with Crippen molar-refractivity contribution in [2.45, 2.75) is 152 Å². The van der Waals surface area contributed by atoms with Crippen molar-refractivity contribution < 1.29 is 4.39 Å². The van der Waals surface area contributed by atoms with E-state index >= 15 is 0 Å². The summed E-state index contributed by atoms with van der Waals surface area (Å²) in [6.07, 6.45) is 43.2. The number of pyridine rings is 3. The molecule has 0 aromatic carbocycles. The summed E-state index contributed by atoms with van der Waals surface area (Å²) in [5.41, 5.74) is 12.8. The zero-order chi connectivity index (χ0) is 52.2. The molecule has 0 bridgehead atoms. The minimum absolute atomic E-state index is 0.145. The molecule has 16 heteroatoms. The van der Waals surface area contributed by atoms with Crippen LogP contribution in [0.5, 0.6) is 0 Å². The fourth-order valence-electron chi connectivity index (χ4n) is 11.2. The summed E-state index contributed by atoms with van der Waals surface area (Å²) < 4.78 is 15.5. The van der Waals surface area contributed by atoms with Gasteiger partial charge in [0.1, 0.15) is 17.5 Å². The first-order valence-electron chi connectivity index (χ1n) is 27.7. The van der Waals surface area contributed by atoms with Crippen LogP contribution >= 0.6 is 45.2 Å². The Balaban J connectivity index is 0.000000124. The van der Waals surface area contributed by atoms with E-state index in [4.69, 9.17) is 5.73 Å². The minimum atomic E-state index is -0.426. The van der Waals surface area contributed by atoms with Gasteiger partial charge in [0.2, 0.25) is 5.95 Å². The van der Waals surface area contributed by atoms with E-state index in [2.05, 4.69) is 120 Å². The first kappa shape index (κ1) is 54.3. The standard InChI is InChI=1S/C23H25N5O.C19H22IN3.C13H19N3.C5H3FIN/c29-23-2-1-9-27-28(23)21-8-7-20(24-15-21)11-16-3-4-17(10-16)12-22-25-13-19(14-26-22)18-5-6-18;20-17-5-6-18(21-12-17)8-13-1-2-14(7-13)9-19-22-10-16(11-23-19)15-3-4-15;14-12-4-1-9(5-12)6-13-15-7-11(8-16-13)10-2-3-10;6-5-2-1-4(7)3-8-5/h1-2,7-9,13-18H,3-6,10-12H2;5-6,10-15H,1-4,7-9H2;7-10,12H,1-6,14H2;1-3H/t16-,17-;13-,14-;9-,12-;/m000./s1. The molecule has 7 aromatic rings. The number of halogens is 3. The van der Waals surface area contributed by atoms with E-state index in [1.807, 2.05) is 43.1 Å². The number of nitrogens with zero attached hydrogens (tertiary/aromatic N) is 11. The van der Waals surface area contributed by atoms with Gasteiger partial charge in [-0.15, -0.1) is 0 Å². The molecule has 6 aliphatic rings. The Morgan fingerprint density at radius 3 is 1.25 bits per heavy atom. The number of hydrogen-bond acceptors (Lipinski definition) is 12. The van der Waals surface area contributed by atoms with Crippen LogP contribution in [-0.2, 0) is 32.1 Å². The second-order valence-electron chi connectivity index (χ2n) is 22.2. The zero-order valence-electron chi connectivity index (χ0n) is 43.3. The lowest BCUT2D eigenvalue weighted by Gasteiger charge is -2.11. The molecule has 0 unspecified atom stereocenters. The highest BCUT2D eigenvalue weighted by molar-refractivity contribution is 14.1. The Bertz CT molecular complexity index is 2930. The third-order valence-electron chi connectivity index (χ3n) is 15.9. The van der Waals surface area contributed by atoms with Gasteiger partial charge in [-0.1, -0.05) is 0 Å². The molecule has 6 saturated carbocycles. The molecular weight excluding hydrogens is 1180 g/mol. The van der Waals surface area contributed by atoms with Crippen LogP contribution < -0.4 is 11.3 Å². The molecule has 0 spiro atoms. The highest BCUT2D eigenvalue weighted by Gasteiger charge is 2.30. The van der Waals surface area contributed by atoms with Gasteiger partial charge < -0.3 is 5.73 Å². The lowest BCUT2D eigenvalue weighted by Crippen LogP contribution is -2.19. The van der Waals surface area contributed by atoms with Crippen LogP contribution in [0.15, 0.2) is 115 Å². The van der Waals surface area contributed by atoms with Crippen molar-refractivity contribution in [1.82, 2.24) is 54.6 Å². The van der Waals surface area contributed by atoms with Crippen LogP contribution in [0.25, 0.3) is 5.69 Å². The van der Waals surface area contributed by atoms with E-state index in [9.17, 15) is 9.18 Å². The van der Waals surface area contributed by atoms with Gasteiger partial charge in [0.15, 0.2) is 0 Å². The summed E-state index contributed by atoms with van der Waals surface area (Å²) in [6.45, 7) is 0. The van der Waals surface area contributed by atoms with E-state index in [1.54, 1.807) is 24.5 Å². The van der Waals surface area contributed by atoms with Crippen molar-refractivity contribution in [2.75, 3.05) is 0 Å². The summed E-state index contributed by atoms with van der Waals surface area (Å²) in [5, 5.41) is 4.10. The maximum atomic E-state index is 12.0. The Labute approximate surface area is 473 Å². The molecule has 7 aromatic heterocycles. The van der Waals surface area contributed by atoms with Crippen molar-refractivity contribution in [3.63, 3.8) is 0 Å². The van der Waals surface area contributed by atoms with E-state index < -0.39 is 5.95 Å². The van der Waals surface area contributed by atoms with Gasteiger partial charge in [0, 0.05) is 106 Å². The summed E-state index contributed by atoms with van der Waals surface area (Å²) in [7, 11) is 0. The molecule has 0 saturated heterocycles. The minimum Gasteiger partial charge on any atom is -0.328 e. The fourth-order valence-corrected chi connectivity index (χ4v) is 11.8. The Kier molecular flexibility index (Phi) is 18.9. The van der Waals surface area contributed by atoms with Gasteiger partial charge in [0.25, 0.3) is 5.56 Å². The van der Waals surface area contributed by atoms with E-state index in [0.717, 1.165) is 94.9 Å². The second kappa shape index (κ2) is 26.5. The zero-order valence-corrected chi connectivity index (χ0v) is 47.6. The topological polar surface area (TPSA) is 177 Å². The highest BCUT2D eigenvalue weighted by Crippen LogP contribution is 2.42. The predicted octanol–water partition coefficient (Wildman–Crippen LogP) is 11.9. The van der Waals surface area contributed by atoms with Crippen LogP contribution in [0.4, 0.5) is 4.39 Å². The number of rotatable bonds is 14. The van der Waals surface area contributed by atoms with Crippen LogP contribution in [0.3, 0.4) is 0 Å². The molecule has 396 valence electrons. The van der Waals surface area contributed by atoms with Crippen LogP contribution in [-0.4, -0.2) is 60.7 Å². The van der Waals surface area contributed by atoms with E-state index in [-0.39, 0.29) is 5.56 Å². The van der Waals surface area contributed by atoms with Gasteiger partial charge in [-0.25, -0.2) is 34.9 Å². The summed E-state index contributed by atoms with van der Waals surface area (Å²) in [4.78, 5) is 51.8. The van der Waals surface area contributed by atoms with Crippen molar-refractivity contribution >= 4 is 45.2 Å². The Morgan fingerprint density at radius 2 is 0.882 bits per heavy atom. The number of nitrogens with two attached hydrogens (primary N) is 1. The lowest BCUT2D eigenvalue weighted by atomic mass is 9.97. The molecule has 0 radical (unpaired) electrons. The molecule has 0 aliphatic heterocycles. The first-order chi connectivity index (χ1) is 37.1. The molecule has 76 heavy (non-hydrogen) atoms. The molecule has 13 rings (SSSR count). The largest absolute Gasteiger partial charge is 0.328 e. The molecule has 0 amide bonds. The lowest BCUT2D eigenvalue weighted by molar-refractivity contribution is 0.476. The Morgan fingerprint density at radius 1 is 0.461 bits per heavy atom. The maximum Gasteiger partial charge on any atom is 0.271 e. The fraction of sp³-hybridized carbons (Fsp3) is 0.483. The van der Waals surface area contributed by atoms with Gasteiger partial charge in [0.05, 0.1) is 11.9 Å². The van der Waals surface area contributed by atoms with E-state index in [1.165, 1.54) is 139 Å². The maximum absolute atomic E-state index is 12.0. The molecule has 7 heterocycles.